The lowest BCUT2D eigenvalue weighted by molar-refractivity contribution is -0.123. The van der Waals surface area contributed by atoms with Gasteiger partial charge in [0.25, 0.3) is 0 Å². The molecule has 1 aromatic carbocycles. The molecule has 19 heavy (non-hydrogen) atoms. The van der Waals surface area contributed by atoms with Gasteiger partial charge >= 0.3 is 0 Å². The maximum atomic E-state index is 12.5. The average molecular weight is 434 g/mol. The summed E-state index contributed by atoms with van der Waals surface area (Å²) in [5.74, 6) is 0.216. The number of amides is 2. The molecule has 2 unspecified atom stereocenters. The Morgan fingerprint density at radius 1 is 1.21 bits per heavy atom. The van der Waals surface area contributed by atoms with E-state index in [2.05, 4.69) is 45.4 Å². The van der Waals surface area contributed by atoms with E-state index in [4.69, 9.17) is 0 Å². The summed E-state index contributed by atoms with van der Waals surface area (Å²) in [6, 6.07) is 5.71. The highest BCUT2D eigenvalue weighted by Crippen LogP contribution is 2.45. The van der Waals surface area contributed by atoms with Crippen LogP contribution in [0.5, 0.6) is 0 Å². The SMILES string of the molecule is CC1CC2C(=O)N(c3cc(I)ccc3Br)C(=O)C2C1. The third-order valence-corrected chi connectivity index (χ3v) is 5.36. The first kappa shape index (κ1) is 13.5. The molecule has 2 aliphatic rings. The topological polar surface area (TPSA) is 37.4 Å². The van der Waals surface area contributed by atoms with Gasteiger partial charge in [0.2, 0.25) is 11.8 Å². The number of benzene rings is 1. The lowest BCUT2D eigenvalue weighted by atomic mass is 10.00. The molecular weight excluding hydrogens is 421 g/mol. The fourth-order valence-electron chi connectivity index (χ4n) is 3.17. The molecule has 0 spiro atoms. The predicted molar refractivity (Wildman–Crippen MR) is 84.7 cm³/mol. The van der Waals surface area contributed by atoms with Crippen LogP contribution in [-0.4, -0.2) is 11.8 Å². The second kappa shape index (κ2) is 4.84. The number of hydrogen-bond donors (Lipinski definition) is 0. The van der Waals surface area contributed by atoms with Crippen LogP contribution in [0.25, 0.3) is 0 Å². The van der Waals surface area contributed by atoms with Gasteiger partial charge in [0.15, 0.2) is 0 Å². The fourth-order valence-corrected chi connectivity index (χ4v) is 4.07. The minimum atomic E-state index is -0.104. The van der Waals surface area contributed by atoms with Crippen molar-refractivity contribution in [3.8, 4) is 0 Å². The quantitative estimate of drug-likeness (QED) is 0.501. The smallest absolute Gasteiger partial charge is 0.237 e. The minimum absolute atomic E-state index is 0.0259. The summed E-state index contributed by atoms with van der Waals surface area (Å²) in [6.07, 6.45) is 1.68. The summed E-state index contributed by atoms with van der Waals surface area (Å²) in [6.45, 7) is 2.12. The molecule has 100 valence electrons. The number of halogens is 2. The molecule has 1 saturated heterocycles. The Kier molecular flexibility index (Phi) is 3.45. The van der Waals surface area contributed by atoms with Crippen LogP contribution in [0, 0.1) is 21.3 Å². The summed E-state index contributed by atoms with van der Waals surface area (Å²) in [4.78, 5) is 26.4. The van der Waals surface area contributed by atoms with Crippen molar-refractivity contribution in [1.29, 1.82) is 0 Å². The molecule has 0 radical (unpaired) electrons. The Morgan fingerprint density at radius 2 is 1.79 bits per heavy atom. The maximum Gasteiger partial charge on any atom is 0.237 e. The Balaban J connectivity index is 2.01. The van der Waals surface area contributed by atoms with E-state index in [1.165, 1.54) is 4.90 Å². The summed E-state index contributed by atoms with van der Waals surface area (Å²) < 4.78 is 1.81. The van der Waals surface area contributed by atoms with Gasteiger partial charge in [-0.3, -0.25) is 9.59 Å². The number of carbonyl (C=O) groups excluding carboxylic acids is 2. The molecule has 1 aliphatic heterocycles. The van der Waals surface area contributed by atoms with Crippen molar-refractivity contribution in [2.24, 2.45) is 17.8 Å². The number of hydrogen-bond acceptors (Lipinski definition) is 2. The summed E-state index contributed by atoms with van der Waals surface area (Å²) >= 11 is 5.63. The number of fused-ring (bicyclic) bond motifs is 1. The molecule has 2 amide bonds. The number of anilines is 1. The summed E-state index contributed by atoms with van der Waals surface area (Å²) in [5, 5.41) is 0. The standard InChI is InChI=1S/C14H13BrINO2/c1-7-4-9-10(5-7)14(19)17(13(9)18)12-6-8(16)2-3-11(12)15/h2-3,6-7,9-10H,4-5H2,1H3. The Bertz CT molecular complexity index is 551. The van der Waals surface area contributed by atoms with Crippen LogP contribution < -0.4 is 4.90 Å². The molecule has 0 N–H and O–H groups in total. The van der Waals surface area contributed by atoms with Crippen LogP contribution in [0.4, 0.5) is 5.69 Å². The average Bonchev–Trinajstić information content (AvgIpc) is 2.84. The van der Waals surface area contributed by atoms with Gasteiger partial charge in [0, 0.05) is 8.04 Å². The first-order valence-corrected chi connectivity index (χ1v) is 8.19. The highest BCUT2D eigenvalue weighted by atomic mass is 127. The number of nitrogens with zero attached hydrogens (tertiary/aromatic N) is 1. The molecule has 1 saturated carbocycles. The Hall–Kier alpha value is -0.430. The van der Waals surface area contributed by atoms with Gasteiger partial charge in [-0.2, -0.15) is 0 Å². The molecule has 1 heterocycles. The second-order valence-corrected chi connectivity index (χ2v) is 7.50. The van der Waals surface area contributed by atoms with Crippen LogP contribution in [0.2, 0.25) is 0 Å². The first-order valence-electron chi connectivity index (χ1n) is 6.32. The molecule has 1 aromatic rings. The first-order chi connectivity index (χ1) is 8.99. The number of imide groups is 1. The zero-order valence-corrected chi connectivity index (χ0v) is 14.1. The Morgan fingerprint density at radius 3 is 2.37 bits per heavy atom. The number of carbonyl (C=O) groups is 2. The molecule has 2 fully saturated rings. The molecule has 1 aliphatic carbocycles. The number of rotatable bonds is 1. The van der Waals surface area contributed by atoms with Crippen LogP contribution in [0.1, 0.15) is 19.8 Å². The molecule has 3 nitrogen and oxygen atoms in total. The van der Waals surface area contributed by atoms with Crippen LogP contribution in [0.15, 0.2) is 22.7 Å². The van der Waals surface area contributed by atoms with Crippen LogP contribution in [-0.2, 0) is 9.59 Å². The van der Waals surface area contributed by atoms with Crippen molar-refractivity contribution in [3.63, 3.8) is 0 Å². The third kappa shape index (κ3) is 2.14. The zero-order chi connectivity index (χ0) is 13.7. The molecule has 0 aromatic heterocycles. The van der Waals surface area contributed by atoms with E-state index in [1.54, 1.807) is 0 Å². The normalized spacial score (nSPS) is 30.1. The third-order valence-electron chi connectivity index (χ3n) is 4.02. The van der Waals surface area contributed by atoms with Crippen molar-refractivity contribution in [1.82, 2.24) is 0 Å². The van der Waals surface area contributed by atoms with Gasteiger partial charge in [0.1, 0.15) is 0 Å². The summed E-state index contributed by atoms with van der Waals surface area (Å²) in [7, 11) is 0. The lowest BCUT2D eigenvalue weighted by Gasteiger charge is -2.18. The molecule has 3 rings (SSSR count). The van der Waals surface area contributed by atoms with E-state index in [1.807, 2.05) is 18.2 Å². The van der Waals surface area contributed by atoms with Crippen molar-refractivity contribution < 1.29 is 9.59 Å². The van der Waals surface area contributed by atoms with Crippen LogP contribution in [0.3, 0.4) is 0 Å². The van der Waals surface area contributed by atoms with Gasteiger partial charge in [0.05, 0.1) is 17.5 Å². The van der Waals surface area contributed by atoms with Crippen molar-refractivity contribution in [3.05, 3.63) is 26.2 Å². The van der Waals surface area contributed by atoms with Gasteiger partial charge in [-0.15, -0.1) is 0 Å². The van der Waals surface area contributed by atoms with Crippen LogP contribution >= 0.6 is 38.5 Å². The van der Waals surface area contributed by atoms with E-state index in [0.29, 0.717) is 11.6 Å². The van der Waals surface area contributed by atoms with E-state index < -0.39 is 0 Å². The van der Waals surface area contributed by atoms with Gasteiger partial charge in [-0.25, -0.2) is 4.90 Å². The fraction of sp³-hybridized carbons (Fsp3) is 0.429. The largest absolute Gasteiger partial charge is 0.274 e. The monoisotopic (exact) mass is 433 g/mol. The lowest BCUT2D eigenvalue weighted by Crippen LogP contribution is -2.32. The van der Waals surface area contributed by atoms with Crippen molar-refractivity contribution in [2.45, 2.75) is 19.8 Å². The van der Waals surface area contributed by atoms with E-state index in [-0.39, 0.29) is 23.7 Å². The van der Waals surface area contributed by atoms with Crippen molar-refractivity contribution in [2.75, 3.05) is 4.90 Å². The molecule has 2 atom stereocenters. The van der Waals surface area contributed by atoms with E-state index in [0.717, 1.165) is 20.9 Å². The van der Waals surface area contributed by atoms with Gasteiger partial charge in [-0.05, 0) is 75.5 Å². The highest BCUT2D eigenvalue weighted by molar-refractivity contribution is 14.1. The minimum Gasteiger partial charge on any atom is -0.274 e. The Labute approximate surface area is 134 Å². The van der Waals surface area contributed by atoms with Crippen molar-refractivity contribution >= 4 is 56.0 Å². The van der Waals surface area contributed by atoms with Gasteiger partial charge < -0.3 is 0 Å². The highest BCUT2D eigenvalue weighted by Gasteiger charge is 2.52. The molecule has 5 heteroatoms. The summed E-state index contributed by atoms with van der Waals surface area (Å²) in [5.41, 5.74) is 0.684. The van der Waals surface area contributed by atoms with E-state index >= 15 is 0 Å². The second-order valence-electron chi connectivity index (χ2n) is 5.40. The predicted octanol–water partition coefficient (Wildman–Crippen LogP) is 3.59. The van der Waals surface area contributed by atoms with E-state index in [9.17, 15) is 9.59 Å². The maximum absolute atomic E-state index is 12.5. The molecule has 0 bridgehead atoms. The molecular formula is C14H13BrINO2. The van der Waals surface area contributed by atoms with Gasteiger partial charge in [-0.1, -0.05) is 6.92 Å². The zero-order valence-electron chi connectivity index (χ0n) is 10.4.